The van der Waals surface area contributed by atoms with Gasteiger partial charge in [0.25, 0.3) is 0 Å². The number of ether oxygens (including phenoxy) is 2. The average Bonchev–Trinajstić information content (AvgIpc) is 3.37. The third kappa shape index (κ3) is 8.61. The Labute approximate surface area is 143 Å². The van der Waals surface area contributed by atoms with Crippen LogP contribution in [0.25, 0.3) is 0 Å². The maximum absolute atomic E-state index is 6.21. The second kappa shape index (κ2) is 12.4. The summed E-state index contributed by atoms with van der Waals surface area (Å²) in [5.74, 6) is 0. The fourth-order valence-corrected chi connectivity index (χ4v) is 4.61. The van der Waals surface area contributed by atoms with Crippen LogP contribution in [0, 0.1) is 0 Å². The molecule has 1 saturated heterocycles. The molecule has 0 aliphatic carbocycles. The Morgan fingerprint density at radius 3 is 1.70 bits per heavy atom. The first-order valence-corrected chi connectivity index (χ1v) is 11.1. The van der Waals surface area contributed by atoms with Crippen molar-refractivity contribution in [2.24, 2.45) is 0 Å². The first-order chi connectivity index (χ1) is 11.2. The normalized spacial score (nSPS) is 19.0. The maximum atomic E-state index is 6.21. The van der Waals surface area contributed by atoms with E-state index in [1.807, 2.05) is 6.92 Å². The van der Waals surface area contributed by atoms with Gasteiger partial charge in [0.05, 0.1) is 13.2 Å². The zero-order valence-corrected chi connectivity index (χ0v) is 16.5. The zero-order valence-electron chi connectivity index (χ0n) is 15.5. The van der Waals surface area contributed by atoms with Crippen molar-refractivity contribution < 1.29 is 22.8 Å². The number of epoxide rings is 1. The van der Waals surface area contributed by atoms with Crippen molar-refractivity contribution in [2.75, 3.05) is 33.0 Å². The molecule has 0 aromatic rings. The summed E-state index contributed by atoms with van der Waals surface area (Å²) >= 11 is 0. The Morgan fingerprint density at radius 2 is 1.35 bits per heavy atom. The second-order valence-corrected chi connectivity index (χ2v) is 9.03. The quantitative estimate of drug-likeness (QED) is 0.242. The van der Waals surface area contributed by atoms with Crippen LogP contribution in [-0.4, -0.2) is 53.7 Å². The molecule has 0 bridgehead atoms. The van der Waals surface area contributed by atoms with E-state index in [-0.39, 0.29) is 11.8 Å². The third-order valence-corrected chi connectivity index (χ3v) is 6.82. The lowest BCUT2D eigenvalue weighted by atomic mass is 10.4. The van der Waals surface area contributed by atoms with E-state index in [0.29, 0.717) is 26.4 Å². The van der Waals surface area contributed by atoms with Crippen LogP contribution in [0.5, 0.6) is 0 Å². The summed E-state index contributed by atoms with van der Waals surface area (Å²) in [4.78, 5) is 0. The van der Waals surface area contributed by atoms with E-state index in [9.17, 15) is 0 Å². The predicted molar refractivity (Wildman–Crippen MR) is 93.5 cm³/mol. The van der Waals surface area contributed by atoms with Gasteiger partial charge >= 0.3 is 8.80 Å². The molecular formula is C17H36O5Si. The molecule has 0 N–H and O–H groups in total. The second-order valence-electron chi connectivity index (χ2n) is 6.14. The highest BCUT2D eigenvalue weighted by molar-refractivity contribution is 6.62. The van der Waals surface area contributed by atoms with Crippen LogP contribution in [0.4, 0.5) is 0 Å². The molecule has 1 rings (SSSR count). The highest BCUT2D eigenvalue weighted by Gasteiger charge is 2.49. The highest BCUT2D eigenvalue weighted by atomic mass is 28.4. The summed E-state index contributed by atoms with van der Waals surface area (Å²) in [6.45, 7) is 11.9. The minimum Gasteiger partial charge on any atom is -0.372 e. The molecule has 1 heterocycles. The lowest BCUT2D eigenvalue weighted by molar-refractivity contribution is -0.0140. The first kappa shape index (κ1) is 21.1. The summed E-state index contributed by atoms with van der Waals surface area (Å²) in [6.07, 6.45) is 6.58. The van der Waals surface area contributed by atoms with Crippen LogP contribution in [0.15, 0.2) is 0 Å². The van der Waals surface area contributed by atoms with Crippen molar-refractivity contribution in [1.29, 1.82) is 0 Å². The van der Waals surface area contributed by atoms with Gasteiger partial charge in [-0.1, -0.05) is 40.0 Å². The number of hydrogen-bond acceptors (Lipinski definition) is 5. The Bertz CT molecular complexity index is 260. The fourth-order valence-electron chi connectivity index (χ4n) is 2.07. The molecule has 6 heteroatoms. The van der Waals surface area contributed by atoms with E-state index in [1.54, 1.807) is 0 Å². The van der Waals surface area contributed by atoms with E-state index < -0.39 is 8.80 Å². The van der Waals surface area contributed by atoms with Gasteiger partial charge < -0.3 is 22.8 Å². The molecule has 1 aliphatic heterocycles. The SMILES string of the molecule is CCCCO[Si](OCCCC)(OCCCC)C(C)OCC1CO1. The molecule has 0 amide bonds. The topological polar surface area (TPSA) is 49.5 Å². The summed E-state index contributed by atoms with van der Waals surface area (Å²) in [6, 6.07) is 0. The Kier molecular flexibility index (Phi) is 11.3. The van der Waals surface area contributed by atoms with Gasteiger partial charge in [0.15, 0.2) is 0 Å². The number of hydrogen-bond donors (Lipinski definition) is 0. The minimum absolute atomic E-state index is 0.155. The van der Waals surface area contributed by atoms with Crippen LogP contribution in [-0.2, 0) is 22.8 Å². The van der Waals surface area contributed by atoms with Crippen molar-refractivity contribution in [1.82, 2.24) is 0 Å². The van der Waals surface area contributed by atoms with Gasteiger partial charge in [-0.25, -0.2) is 0 Å². The van der Waals surface area contributed by atoms with Crippen molar-refractivity contribution in [3.8, 4) is 0 Å². The van der Waals surface area contributed by atoms with Gasteiger partial charge in [0.2, 0.25) is 0 Å². The van der Waals surface area contributed by atoms with Gasteiger partial charge in [-0.15, -0.1) is 0 Å². The molecule has 0 aromatic carbocycles. The summed E-state index contributed by atoms with van der Waals surface area (Å²) in [5, 5.41) is 0. The number of rotatable bonds is 16. The molecule has 23 heavy (non-hydrogen) atoms. The van der Waals surface area contributed by atoms with Crippen LogP contribution in [0.2, 0.25) is 0 Å². The third-order valence-electron chi connectivity index (χ3n) is 3.84. The molecule has 1 fully saturated rings. The fraction of sp³-hybridized carbons (Fsp3) is 1.00. The largest absolute Gasteiger partial charge is 0.531 e. The summed E-state index contributed by atoms with van der Waals surface area (Å²) in [7, 11) is -2.83. The van der Waals surface area contributed by atoms with Crippen molar-refractivity contribution in [3.05, 3.63) is 0 Å². The maximum Gasteiger partial charge on any atom is 0.531 e. The molecular weight excluding hydrogens is 312 g/mol. The van der Waals surface area contributed by atoms with Crippen LogP contribution in [0.3, 0.4) is 0 Å². The van der Waals surface area contributed by atoms with Crippen molar-refractivity contribution in [3.63, 3.8) is 0 Å². The molecule has 5 nitrogen and oxygen atoms in total. The molecule has 0 aromatic heterocycles. The van der Waals surface area contributed by atoms with E-state index in [1.165, 1.54) is 0 Å². The van der Waals surface area contributed by atoms with Gasteiger partial charge in [0.1, 0.15) is 11.8 Å². The van der Waals surface area contributed by atoms with Gasteiger partial charge in [-0.05, 0) is 26.2 Å². The summed E-state index contributed by atoms with van der Waals surface area (Å²) < 4.78 is 29.8. The predicted octanol–water partition coefficient (Wildman–Crippen LogP) is 3.72. The molecule has 0 spiro atoms. The molecule has 1 aliphatic rings. The lowest BCUT2D eigenvalue weighted by Crippen LogP contribution is -2.57. The van der Waals surface area contributed by atoms with E-state index in [0.717, 1.165) is 45.1 Å². The van der Waals surface area contributed by atoms with Crippen molar-refractivity contribution in [2.45, 2.75) is 78.1 Å². The smallest absolute Gasteiger partial charge is 0.372 e. The van der Waals surface area contributed by atoms with Gasteiger partial charge in [0, 0.05) is 19.8 Å². The van der Waals surface area contributed by atoms with Crippen LogP contribution in [0.1, 0.15) is 66.2 Å². The van der Waals surface area contributed by atoms with Crippen LogP contribution >= 0.6 is 0 Å². The zero-order chi connectivity index (χ0) is 17.0. The Hall–Kier alpha value is 0.0169. The average molecular weight is 349 g/mol. The van der Waals surface area contributed by atoms with Gasteiger partial charge in [-0.3, -0.25) is 0 Å². The monoisotopic (exact) mass is 348 g/mol. The lowest BCUT2D eigenvalue weighted by Gasteiger charge is -2.34. The molecule has 0 radical (unpaired) electrons. The highest BCUT2D eigenvalue weighted by Crippen LogP contribution is 2.21. The summed E-state index contributed by atoms with van der Waals surface area (Å²) in [5.41, 5.74) is -0.155. The van der Waals surface area contributed by atoms with Gasteiger partial charge in [-0.2, -0.15) is 0 Å². The van der Waals surface area contributed by atoms with E-state index >= 15 is 0 Å². The van der Waals surface area contributed by atoms with Crippen molar-refractivity contribution >= 4 is 8.80 Å². The minimum atomic E-state index is -2.83. The molecule has 2 unspecified atom stereocenters. The van der Waals surface area contributed by atoms with E-state index in [4.69, 9.17) is 22.8 Å². The molecule has 2 atom stereocenters. The molecule has 0 saturated carbocycles. The Balaban J connectivity index is 2.65. The number of unbranched alkanes of at least 4 members (excludes halogenated alkanes) is 3. The molecule has 138 valence electrons. The van der Waals surface area contributed by atoms with Crippen LogP contribution < -0.4 is 0 Å². The Morgan fingerprint density at radius 1 is 0.913 bits per heavy atom. The standard InChI is InChI=1S/C17H36O5Si/c1-5-8-11-20-23(21-12-9-6-2,22-13-10-7-3)16(4)18-14-17-15-19-17/h16-17H,5-15H2,1-4H3. The van der Waals surface area contributed by atoms with E-state index in [2.05, 4.69) is 20.8 Å². The first-order valence-electron chi connectivity index (χ1n) is 9.33.